The quantitative estimate of drug-likeness (QED) is 0.268. The maximum atomic E-state index is 13.9. The Hall–Kier alpha value is -4.14. The number of hydrogen-bond acceptors (Lipinski definition) is 2. The lowest BCUT2D eigenvalue weighted by atomic mass is 9.77. The summed E-state index contributed by atoms with van der Waals surface area (Å²) in [5.41, 5.74) is -1.23. The van der Waals surface area contributed by atoms with E-state index >= 15 is 0 Å². The van der Waals surface area contributed by atoms with Gasteiger partial charge in [-0.25, -0.2) is 18.2 Å². The summed E-state index contributed by atoms with van der Waals surface area (Å²) in [5.74, 6) is -3.10. The number of alkyl halides is 3. The lowest BCUT2D eigenvalue weighted by molar-refractivity contribution is -0.140. The van der Waals surface area contributed by atoms with E-state index in [2.05, 4.69) is 4.98 Å². The highest BCUT2D eigenvalue weighted by atomic mass is 19.4. The maximum Gasteiger partial charge on any atom is 0.419 e. The van der Waals surface area contributed by atoms with E-state index in [1.807, 2.05) is 0 Å². The molecule has 1 amide bonds. The molecule has 0 saturated heterocycles. The molecule has 3 nitrogen and oxygen atoms in total. The topological polar surface area (TPSA) is 33.2 Å². The minimum absolute atomic E-state index is 0.0858. The fourth-order valence-electron chi connectivity index (χ4n) is 4.75. The van der Waals surface area contributed by atoms with Gasteiger partial charge in [0.2, 0.25) is 5.91 Å². The summed E-state index contributed by atoms with van der Waals surface area (Å²) >= 11 is 0. The number of pyridine rings is 1. The highest BCUT2D eigenvalue weighted by Crippen LogP contribution is 2.48. The first kappa shape index (κ1) is 24.5. The normalized spacial score (nSPS) is 17.3. The summed E-state index contributed by atoms with van der Waals surface area (Å²) < 4.78 is 81.7. The molecule has 1 unspecified atom stereocenters. The number of anilines is 2. The molecule has 1 aliphatic rings. The van der Waals surface area contributed by atoms with Gasteiger partial charge in [0, 0.05) is 12.3 Å². The van der Waals surface area contributed by atoms with Crippen LogP contribution >= 0.6 is 0 Å². The van der Waals surface area contributed by atoms with Crippen LogP contribution in [0.25, 0.3) is 11.1 Å². The summed E-state index contributed by atoms with van der Waals surface area (Å²) in [6.45, 7) is 1.61. The fraction of sp³-hybridized carbons (Fsp3) is 0.143. The van der Waals surface area contributed by atoms with Crippen LogP contribution in [0.2, 0.25) is 0 Å². The number of aromatic nitrogens is 1. The van der Waals surface area contributed by atoms with E-state index in [9.17, 15) is 31.1 Å². The molecule has 5 rings (SSSR count). The Kier molecular flexibility index (Phi) is 5.81. The summed E-state index contributed by atoms with van der Waals surface area (Å²) in [6.07, 6.45) is -3.47. The first-order chi connectivity index (χ1) is 17.5. The molecule has 1 atom stereocenters. The van der Waals surface area contributed by atoms with E-state index < -0.39 is 40.5 Å². The van der Waals surface area contributed by atoms with Crippen LogP contribution in [0.3, 0.4) is 0 Å². The average Bonchev–Trinajstić information content (AvgIpc) is 3.04. The van der Waals surface area contributed by atoms with Crippen LogP contribution in [0, 0.1) is 17.5 Å². The van der Waals surface area contributed by atoms with E-state index in [4.69, 9.17) is 0 Å². The molecular weight excluding hydrogens is 494 g/mol. The number of carbonyl (C=O) groups excluding carboxylic acids is 1. The Morgan fingerprint density at radius 2 is 1.54 bits per heavy atom. The van der Waals surface area contributed by atoms with Gasteiger partial charge in [-0.05, 0) is 84.1 Å². The van der Waals surface area contributed by atoms with Gasteiger partial charge in [0.25, 0.3) is 0 Å². The van der Waals surface area contributed by atoms with Crippen molar-refractivity contribution in [3.05, 3.63) is 113 Å². The van der Waals surface area contributed by atoms with E-state index in [0.29, 0.717) is 28.7 Å². The standard InChI is InChI=1S/C28H18F6N2O/c1-27(15-16-10-19(29)14-20(30)11-16)22-13-18(17-5-7-23(31)21(12-17)28(32,33)34)6-8-24(22)36(26(27)37)25-4-2-3-9-35-25/h2-14H,15H2,1H3. The molecule has 0 radical (unpaired) electrons. The van der Waals surface area contributed by atoms with Crippen molar-refractivity contribution in [2.45, 2.75) is 24.9 Å². The number of amides is 1. The Bertz CT molecular complexity index is 1500. The Balaban J connectivity index is 1.68. The molecule has 0 bridgehead atoms. The zero-order valence-corrected chi connectivity index (χ0v) is 19.3. The number of rotatable bonds is 4. The van der Waals surface area contributed by atoms with Gasteiger partial charge in [-0.2, -0.15) is 13.2 Å². The summed E-state index contributed by atoms with van der Waals surface area (Å²) in [6, 6.07) is 15.3. The second-order valence-electron chi connectivity index (χ2n) is 9.04. The number of carbonyl (C=O) groups is 1. The number of halogens is 6. The number of fused-ring (bicyclic) bond motifs is 1. The molecule has 0 aliphatic carbocycles. The third kappa shape index (κ3) is 4.34. The number of benzene rings is 3. The van der Waals surface area contributed by atoms with Crippen molar-refractivity contribution in [3.63, 3.8) is 0 Å². The van der Waals surface area contributed by atoms with Crippen molar-refractivity contribution in [1.82, 2.24) is 4.98 Å². The van der Waals surface area contributed by atoms with Gasteiger partial charge in [0.15, 0.2) is 0 Å². The van der Waals surface area contributed by atoms with Gasteiger partial charge in [0.1, 0.15) is 23.3 Å². The van der Waals surface area contributed by atoms with Gasteiger partial charge in [0.05, 0.1) is 16.7 Å². The summed E-state index contributed by atoms with van der Waals surface area (Å²) in [7, 11) is 0. The SMILES string of the molecule is CC1(Cc2cc(F)cc(F)c2)C(=O)N(c2ccccn2)c2ccc(-c3ccc(F)c(C(F)(F)F)c3)cc21. The van der Waals surface area contributed by atoms with Gasteiger partial charge in [-0.15, -0.1) is 0 Å². The monoisotopic (exact) mass is 512 g/mol. The van der Waals surface area contributed by atoms with Crippen molar-refractivity contribution in [2.24, 2.45) is 0 Å². The minimum atomic E-state index is -4.89. The molecule has 0 spiro atoms. The van der Waals surface area contributed by atoms with Crippen molar-refractivity contribution < 1.29 is 31.1 Å². The molecule has 3 aromatic carbocycles. The second kappa shape index (κ2) is 8.76. The van der Waals surface area contributed by atoms with Crippen LogP contribution in [0.15, 0.2) is 79.0 Å². The van der Waals surface area contributed by atoms with E-state index in [-0.39, 0.29) is 17.5 Å². The summed E-state index contributed by atoms with van der Waals surface area (Å²) in [5, 5.41) is 0. The molecule has 37 heavy (non-hydrogen) atoms. The molecule has 0 fully saturated rings. The molecule has 188 valence electrons. The van der Waals surface area contributed by atoms with Crippen LogP contribution in [0.5, 0.6) is 0 Å². The number of hydrogen-bond donors (Lipinski definition) is 0. The molecule has 4 aromatic rings. The van der Waals surface area contributed by atoms with Gasteiger partial charge in [-0.1, -0.05) is 18.2 Å². The lowest BCUT2D eigenvalue weighted by Crippen LogP contribution is -2.38. The zero-order chi connectivity index (χ0) is 26.5. The average molecular weight is 512 g/mol. The first-order valence-electron chi connectivity index (χ1n) is 11.2. The predicted molar refractivity (Wildman–Crippen MR) is 126 cm³/mol. The Morgan fingerprint density at radius 1 is 0.865 bits per heavy atom. The fourth-order valence-corrected chi connectivity index (χ4v) is 4.75. The van der Waals surface area contributed by atoms with Crippen molar-refractivity contribution in [2.75, 3.05) is 4.90 Å². The van der Waals surface area contributed by atoms with Crippen LogP contribution in [0.1, 0.15) is 23.6 Å². The molecule has 1 aliphatic heterocycles. The number of nitrogens with zero attached hydrogens (tertiary/aromatic N) is 2. The maximum absolute atomic E-state index is 13.9. The van der Waals surface area contributed by atoms with Crippen molar-refractivity contribution in [1.29, 1.82) is 0 Å². The molecule has 9 heteroatoms. The summed E-state index contributed by atoms with van der Waals surface area (Å²) in [4.78, 5) is 19.5. The largest absolute Gasteiger partial charge is 0.419 e. The van der Waals surface area contributed by atoms with Crippen LogP contribution in [0.4, 0.5) is 37.8 Å². The zero-order valence-electron chi connectivity index (χ0n) is 19.3. The first-order valence-corrected chi connectivity index (χ1v) is 11.2. The lowest BCUT2D eigenvalue weighted by Gasteiger charge is -2.24. The van der Waals surface area contributed by atoms with E-state index in [0.717, 1.165) is 24.3 Å². The Morgan fingerprint density at radius 3 is 2.19 bits per heavy atom. The molecule has 0 saturated carbocycles. The van der Waals surface area contributed by atoms with E-state index in [1.54, 1.807) is 37.3 Å². The van der Waals surface area contributed by atoms with Gasteiger partial charge in [-0.3, -0.25) is 9.69 Å². The van der Waals surface area contributed by atoms with Crippen molar-refractivity contribution >= 4 is 17.4 Å². The molecule has 2 heterocycles. The molecule has 0 N–H and O–H groups in total. The highest BCUT2D eigenvalue weighted by molar-refractivity contribution is 6.12. The highest BCUT2D eigenvalue weighted by Gasteiger charge is 2.48. The molecular formula is C28H18F6N2O. The predicted octanol–water partition coefficient (Wildman–Crippen LogP) is 7.36. The third-order valence-corrected chi connectivity index (χ3v) is 6.47. The van der Waals surface area contributed by atoms with Crippen LogP contribution in [-0.2, 0) is 22.8 Å². The van der Waals surface area contributed by atoms with Crippen LogP contribution in [-0.4, -0.2) is 10.9 Å². The third-order valence-electron chi connectivity index (χ3n) is 6.47. The van der Waals surface area contributed by atoms with E-state index in [1.165, 1.54) is 23.2 Å². The smallest absolute Gasteiger partial charge is 0.273 e. The van der Waals surface area contributed by atoms with Gasteiger partial charge < -0.3 is 0 Å². The second-order valence-corrected chi connectivity index (χ2v) is 9.04. The van der Waals surface area contributed by atoms with Gasteiger partial charge >= 0.3 is 6.18 Å². The molecule has 1 aromatic heterocycles. The Labute approximate surface area is 208 Å². The minimum Gasteiger partial charge on any atom is -0.273 e. The van der Waals surface area contributed by atoms with Crippen LogP contribution < -0.4 is 4.90 Å². The van der Waals surface area contributed by atoms with Crippen molar-refractivity contribution in [3.8, 4) is 11.1 Å².